The van der Waals surface area contributed by atoms with Gasteiger partial charge in [0.1, 0.15) is 0 Å². The average Bonchev–Trinajstić information content (AvgIpc) is 2.49. The van der Waals surface area contributed by atoms with Crippen LogP contribution in [0.3, 0.4) is 0 Å². The van der Waals surface area contributed by atoms with E-state index in [0.717, 1.165) is 26.2 Å². The Kier molecular flexibility index (Phi) is 3.62. The molecule has 1 N–H and O–H groups in total. The van der Waals surface area contributed by atoms with Crippen molar-refractivity contribution in [3.63, 3.8) is 0 Å². The SMILES string of the molecule is C=C[C@H](c1cccc2ccccc12)N1CCNCC1. The molecule has 1 heterocycles. The third-order valence-electron chi connectivity index (χ3n) is 3.91. The van der Waals surface area contributed by atoms with Crippen LogP contribution in [-0.4, -0.2) is 31.1 Å². The zero-order valence-electron chi connectivity index (χ0n) is 11.2. The number of rotatable bonds is 3. The highest BCUT2D eigenvalue weighted by Gasteiger charge is 2.20. The number of nitrogens with zero attached hydrogens (tertiary/aromatic N) is 1. The van der Waals surface area contributed by atoms with E-state index in [-0.39, 0.29) is 0 Å². The Hall–Kier alpha value is -1.64. The molecule has 0 spiro atoms. The molecule has 0 radical (unpaired) electrons. The lowest BCUT2D eigenvalue weighted by Crippen LogP contribution is -2.44. The summed E-state index contributed by atoms with van der Waals surface area (Å²) in [5.41, 5.74) is 1.37. The maximum absolute atomic E-state index is 4.06. The second-order valence-electron chi connectivity index (χ2n) is 5.03. The van der Waals surface area contributed by atoms with Crippen LogP contribution in [0.2, 0.25) is 0 Å². The summed E-state index contributed by atoms with van der Waals surface area (Å²) >= 11 is 0. The number of hydrogen-bond acceptors (Lipinski definition) is 2. The van der Waals surface area contributed by atoms with Gasteiger partial charge in [0.2, 0.25) is 0 Å². The molecule has 0 aliphatic carbocycles. The number of nitrogens with one attached hydrogen (secondary N) is 1. The first kappa shape index (κ1) is 12.4. The van der Waals surface area contributed by atoms with Crippen LogP contribution in [0.4, 0.5) is 0 Å². The topological polar surface area (TPSA) is 15.3 Å². The molecule has 0 amide bonds. The summed E-state index contributed by atoms with van der Waals surface area (Å²) in [4.78, 5) is 2.51. The molecule has 0 aromatic heterocycles. The largest absolute Gasteiger partial charge is 0.314 e. The highest BCUT2D eigenvalue weighted by atomic mass is 15.2. The first-order valence-electron chi connectivity index (χ1n) is 6.95. The van der Waals surface area contributed by atoms with Gasteiger partial charge in [-0.25, -0.2) is 0 Å². The molecular formula is C17H20N2. The fourth-order valence-electron chi connectivity index (χ4n) is 2.94. The Morgan fingerprint density at radius 3 is 2.58 bits per heavy atom. The van der Waals surface area contributed by atoms with Gasteiger partial charge in [-0.15, -0.1) is 6.58 Å². The number of piperazine rings is 1. The molecule has 1 aliphatic rings. The molecule has 2 aromatic rings. The van der Waals surface area contributed by atoms with Gasteiger partial charge in [0.15, 0.2) is 0 Å². The molecule has 19 heavy (non-hydrogen) atoms. The molecule has 3 rings (SSSR count). The third kappa shape index (κ3) is 2.42. The summed E-state index contributed by atoms with van der Waals surface area (Å²) in [6.45, 7) is 8.35. The minimum absolute atomic E-state index is 0.313. The second-order valence-corrected chi connectivity index (χ2v) is 5.03. The van der Waals surface area contributed by atoms with Crippen molar-refractivity contribution in [2.24, 2.45) is 0 Å². The zero-order chi connectivity index (χ0) is 13.1. The van der Waals surface area contributed by atoms with E-state index in [1.54, 1.807) is 0 Å². The van der Waals surface area contributed by atoms with Crippen LogP contribution < -0.4 is 5.32 Å². The Labute approximate surface area is 114 Å². The zero-order valence-corrected chi connectivity index (χ0v) is 11.2. The fraction of sp³-hybridized carbons (Fsp3) is 0.294. The van der Waals surface area contributed by atoms with E-state index in [1.165, 1.54) is 16.3 Å². The van der Waals surface area contributed by atoms with Gasteiger partial charge < -0.3 is 5.32 Å². The van der Waals surface area contributed by atoms with E-state index in [1.807, 2.05) is 0 Å². The van der Waals surface area contributed by atoms with Gasteiger partial charge >= 0.3 is 0 Å². The second kappa shape index (κ2) is 5.55. The highest BCUT2D eigenvalue weighted by molar-refractivity contribution is 5.86. The minimum atomic E-state index is 0.313. The monoisotopic (exact) mass is 252 g/mol. The molecule has 2 heteroatoms. The van der Waals surface area contributed by atoms with Crippen molar-refractivity contribution < 1.29 is 0 Å². The summed E-state index contributed by atoms with van der Waals surface area (Å²) in [5.74, 6) is 0. The summed E-state index contributed by atoms with van der Waals surface area (Å²) in [7, 11) is 0. The Morgan fingerprint density at radius 2 is 1.79 bits per heavy atom. The number of hydrogen-bond donors (Lipinski definition) is 1. The molecule has 98 valence electrons. The van der Waals surface area contributed by atoms with Crippen molar-refractivity contribution >= 4 is 10.8 Å². The van der Waals surface area contributed by atoms with Gasteiger partial charge in [0, 0.05) is 26.2 Å². The van der Waals surface area contributed by atoms with Gasteiger partial charge in [-0.2, -0.15) is 0 Å². The normalized spacial score (nSPS) is 18.3. The molecule has 0 bridgehead atoms. The third-order valence-corrected chi connectivity index (χ3v) is 3.91. The van der Waals surface area contributed by atoms with Crippen LogP contribution in [0.1, 0.15) is 11.6 Å². The Balaban J connectivity index is 2.03. The minimum Gasteiger partial charge on any atom is -0.314 e. The van der Waals surface area contributed by atoms with Crippen LogP contribution >= 0.6 is 0 Å². The van der Waals surface area contributed by atoms with Crippen LogP contribution in [0.25, 0.3) is 10.8 Å². The fourth-order valence-corrected chi connectivity index (χ4v) is 2.94. The van der Waals surface area contributed by atoms with Crippen molar-refractivity contribution in [2.45, 2.75) is 6.04 Å². The van der Waals surface area contributed by atoms with Crippen LogP contribution in [0.15, 0.2) is 55.1 Å². The predicted octanol–water partition coefficient (Wildman–Crippen LogP) is 2.97. The quantitative estimate of drug-likeness (QED) is 0.845. The number of fused-ring (bicyclic) bond motifs is 1. The standard InChI is InChI=1S/C17H20N2/c1-2-17(19-12-10-18-11-13-19)16-9-5-7-14-6-3-4-8-15(14)16/h2-9,17-18H,1,10-13H2/t17-/m1/s1. The Bertz CT molecular complexity index is 565. The number of benzene rings is 2. The van der Waals surface area contributed by atoms with E-state index in [4.69, 9.17) is 0 Å². The van der Waals surface area contributed by atoms with Crippen LogP contribution in [-0.2, 0) is 0 Å². The lowest BCUT2D eigenvalue weighted by molar-refractivity contribution is 0.204. The van der Waals surface area contributed by atoms with Gasteiger partial charge in [0.05, 0.1) is 6.04 Å². The lowest BCUT2D eigenvalue weighted by Gasteiger charge is -2.34. The van der Waals surface area contributed by atoms with Crippen molar-refractivity contribution in [1.29, 1.82) is 0 Å². The van der Waals surface area contributed by atoms with Crippen LogP contribution in [0, 0.1) is 0 Å². The van der Waals surface area contributed by atoms with Gasteiger partial charge in [-0.3, -0.25) is 4.90 Å². The summed E-state index contributed by atoms with van der Waals surface area (Å²) in [5, 5.41) is 6.05. The molecule has 2 aromatic carbocycles. The maximum atomic E-state index is 4.06. The van der Waals surface area contributed by atoms with Crippen molar-refractivity contribution in [2.75, 3.05) is 26.2 Å². The Morgan fingerprint density at radius 1 is 1.05 bits per heavy atom. The van der Waals surface area contributed by atoms with E-state index in [0.29, 0.717) is 6.04 Å². The highest BCUT2D eigenvalue weighted by Crippen LogP contribution is 2.29. The molecule has 0 unspecified atom stereocenters. The van der Waals surface area contributed by atoms with Gasteiger partial charge in [-0.1, -0.05) is 48.5 Å². The average molecular weight is 252 g/mol. The van der Waals surface area contributed by atoms with Crippen molar-refractivity contribution in [1.82, 2.24) is 10.2 Å². The van der Waals surface area contributed by atoms with E-state index in [9.17, 15) is 0 Å². The van der Waals surface area contributed by atoms with Gasteiger partial charge in [-0.05, 0) is 16.3 Å². The molecule has 1 aliphatic heterocycles. The molecule has 1 saturated heterocycles. The first-order chi connectivity index (χ1) is 9.40. The molecule has 1 atom stereocenters. The smallest absolute Gasteiger partial charge is 0.0536 e. The van der Waals surface area contributed by atoms with Crippen molar-refractivity contribution in [3.8, 4) is 0 Å². The molecular weight excluding hydrogens is 232 g/mol. The maximum Gasteiger partial charge on any atom is 0.0536 e. The van der Waals surface area contributed by atoms with Crippen molar-refractivity contribution in [3.05, 3.63) is 60.7 Å². The van der Waals surface area contributed by atoms with Gasteiger partial charge in [0.25, 0.3) is 0 Å². The lowest BCUT2D eigenvalue weighted by atomic mass is 9.97. The van der Waals surface area contributed by atoms with E-state index in [2.05, 4.69) is 65.3 Å². The molecule has 0 saturated carbocycles. The first-order valence-corrected chi connectivity index (χ1v) is 6.95. The van der Waals surface area contributed by atoms with E-state index < -0.39 is 0 Å². The van der Waals surface area contributed by atoms with Crippen LogP contribution in [0.5, 0.6) is 0 Å². The summed E-state index contributed by atoms with van der Waals surface area (Å²) in [6, 6.07) is 15.5. The van der Waals surface area contributed by atoms with E-state index >= 15 is 0 Å². The molecule has 1 fully saturated rings. The molecule has 2 nitrogen and oxygen atoms in total. The summed E-state index contributed by atoms with van der Waals surface area (Å²) in [6.07, 6.45) is 2.08. The summed E-state index contributed by atoms with van der Waals surface area (Å²) < 4.78 is 0. The predicted molar refractivity (Wildman–Crippen MR) is 81.3 cm³/mol.